The second-order valence-electron chi connectivity index (χ2n) is 5.15. The molecule has 0 aromatic heterocycles. The molecule has 0 aliphatic rings. The molecule has 1 nitrogen and oxygen atoms in total. The summed E-state index contributed by atoms with van der Waals surface area (Å²) in [5.41, 5.74) is 0.289. The molecule has 0 heterocycles. The predicted octanol–water partition coefficient (Wildman–Crippen LogP) is 3.98. The molecule has 0 fully saturated rings. The summed E-state index contributed by atoms with van der Waals surface area (Å²) >= 11 is 0. The Balaban J connectivity index is 2.39. The molecule has 0 saturated heterocycles. The van der Waals surface area contributed by atoms with Gasteiger partial charge in [0.05, 0.1) is 6.10 Å². The van der Waals surface area contributed by atoms with Crippen LogP contribution in [0, 0.1) is 11.6 Å². The summed E-state index contributed by atoms with van der Waals surface area (Å²) in [4.78, 5) is 0. The van der Waals surface area contributed by atoms with Gasteiger partial charge in [0, 0.05) is 11.0 Å². The highest BCUT2D eigenvalue weighted by atomic mass is 19.1. The van der Waals surface area contributed by atoms with Gasteiger partial charge in [0.25, 0.3) is 0 Å². The number of aliphatic hydroxyl groups excluding tert-OH is 1. The van der Waals surface area contributed by atoms with Crippen molar-refractivity contribution < 1.29 is 13.9 Å². The van der Waals surface area contributed by atoms with E-state index in [1.165, 1.54) is 18.2 Å². The van der Waals surface area contributed by atoms with Crippen molar-refractivity contribution in [1.82, 2.24) is 0 Å². The van der Waals surface area contributed by atoms with E-state index in [-0.39, 0.29) is 11.4 Å². The molecule has 2 rings (SSSR count). The van der Waals surface area contributed by atoms with E-state index in [9.17, 15) is 13.9 Å². The number of benzene rings is 2. The van der Waals surface area contributed by atoms with E-state index < -0.39 is 17.3 Å². The Morgan fingerprint density at radius 2 is 1.53 bits per heavy atom. The average Bonchev–Trinajstić information content (AvgIpc) is 2.39. The third kappa shape index (κ3) is 2.66. The summed E-state index contributed by atoms with van der Waals surface area (Å²) in [5.74, 6) is -0.773. The number of hydrogen-bond donors (Lipinski definition) is 1. The molecule has 0 aliphatic heterocycles. The van der Waals surface area contributed by atoms with Crippen molar-refractivity contribution in [3.05, 3.63) is 71.3 Å². The minimum atomic E-state index is -1.00. The van der Waals surface area contributed by atoms with E-state index in [2.05, 4.69) is 0 Å². The largest absolute Gasteiger partial charge is 0.387 e. The lowest BCUT2D eigenvalue weighted by Crippen LogP contribution is -2.27. The molecule has 0 saturated carbocycles. The summed E-state index contributed by atoms with van der Waals surface area (Å²) in [6.45, 7) is 3.61. The van der Waals surface area contributed by atoms with Crippen molar-refractivity contribution in [1.29, 1.82) is 0 Å². The van der Waals surface area contributed by atoms with Crippen molar-refractivity contribution in [3.63, 3.8) is 0 Å². The second kappa shape index (κ2) is 5.10. The molecule has 100 valence electrons. The quantitative estimate of drug-likeness (QED) is 0.887. The summed E-state index contributed by atoms with van der Waals surface area (Å²) < 4.78 is 26.7. The van der Waals surface area contributed by atoms with Gasteiger partial charge in [0.2, 0.25) is 0 Å². The highest BCUT2D eigenvalue weighted by Crippen LogP contribution is 2.37. The first-order chi connectivity index (χ1) is 8.93. The molecule has 0 bridgehead atoms. The van der Waals surface area contributed by atoms with Crippen LogP contribution in [-0.2, 0) is 5.41 Å². The predicted molar refractivity (Wildman–Crippen MR) is 70.8 cm³/mol. The molecule has 0 amide bonds. The Morgan fingerprint density at radius 3 is 2.11 bits per heavy atom. The third-order valence-electron chi connectivity index (χ3n) is 3.47. The molecule has 1 atom stereocenters. The first-order valence-corrected chi connectivity index (χ1v) is 6.11. The molecule has 2 aromatic rings. The van der Waals surface area contributed by atoms with Gasteiger partial charge >= 0.3 is 0 Å². The molecule has 1 unspecified atom stereocenters. The van der Waals surface area contributed by atoms with Crippen LogP contribution < -0.4 is 0 Å². The fourth-order valence-electron chi connectivity index (χ4n) is 2.12. The Bertz CT molecular complexity index is 561. The molecular formula is C16H16F2O. The summed E-state index contributed by atoms with van der Waals surface area (Å²) in [5, 5.41) is 10.4. The van der Waals surface area contributed by atoms with Crippen LogP contribution in [0.4, 0.5) is 8.78 Å². The highest BCUT2D eigenvalue weighted by Gasteiger charge is 2.32. The van der Waals surface area contributed by atoms with Gasteiger partial charge in [-0.25, -0.2) is 8.78 Å². The monoisotopic (exact) mass is 262 g/mol. The first kappa shape index (κ1) is 13.7. The zero-order chi connectivity index (χ0) is 14.0. The summed E-state index contributed by atoms with van der Waals surface area (Å²) in [6, 6.07) is 12.0. The average molecular weight is 262 g/mol. The number of aliphatic hydroxyl groups is 1. The molecule has 0 aliphatic carbocycles. The first-order valence-electron chi connectivity index (χ1n) is 6.11. The fraction of sp³-hybridized carbons (Fsp3) is 0.250. The normalized spacial score (nSPS) is 13.3. The van der Waals surface area contributed by atoms with Gasteiger partial charge in [-0.3, -0.25) is 0 Å². The number of halogens is 2. The molecule has 1 N–H and O–H groups in total. The molecule has 19 heavy (non-hydrogen) atoms. The fourth-order valence-corrected chi connectivity index (χ4v) is 2.12. The maximum absolute atomic E-state index is 13.7. The van der Waals surface area contributed by atoms with Crippen LogP contribution in [0.15, 0.2) is 48.5 Å². The molecular weight excluding hydrogens is 246 g/mol. The van der Waals surface area contributed by atoms with Crippen LogP contribution in [0.3, 0.4) is 0 Å². The molecule has 0 radical (unpaired) electrons. The molecule has 3 heteroatoms. The number of hydrogen-bond acceptors (Lipinski definition) is 1. The van der Waals surface area contributed by atoms with E-state index in [1.807, 2.05) is 0 Å². The van der Waals surface area contributed by atoms with Gasteiger partial charge in [0.15, 0.2) is 0 Å². The van der Waals surface area contributed by atoms with E-state index >= 15 is 0 Å². The van der Waals surface area contributed by atoms with Crippen molar-refractivity contribution in [3.8, 4) is 0 Å². The SMILES string of the molecule is CC(C)(c1ccc(F)cc1)C(O)c1ccccc1F. The third-order valence-corrected chi connectivity index (χ3v) is 3.47. The van der Waals surface area contributed by atoms with E-state index in [1.54, 1.807) is 44.2 Å². The lowest BCUT2D eigenvalue weighted by atomic mass is 9.76. The van der Waals surface area contributed by atoms with Crippen LogP contribution in [0.2, 0.25) is 0 Å². The Labute approximate surface area is 111 Å². The van der Waals surface area contributed by atoms with Gasteiger partial charge in [-0.1, -0.05) is 44.2 Å². The lowest BCUT2D eigenvalue weighted by Gasteiger charge is -2.31. The van der Waals surface area contributed by atoms with Crippen LogP contribution in [0.5, 0.6) is 0 Å². The maximum Gasteiger partial charge on any atom is 0.129 e. The van der Waals surface area contributed by atoms with Gasteiger partial charge < -0.3 is 5.11 Å². The van der Waals surface area contributed by atoms with Crippen LogP contribution in [0.25, 0.3) is 0 Å². The van der Waals surface area contributed by atoms with Crippen molar-refractivity contribution in [2.45, 2.75) is 25.4 Å². The van der Waals surface area contributed by atoms with Crippen molar-refractivity contribution in [2.24, 2.45) is 0 Å². The number of rotatable bonds is 3. The van der Waals surface area contributed by atoms with E-state index in [4.69, 9.17) is 0 Å². The minimum Gasteiger partial charge on any atom is -0.387 e. The van der Waals surface area contributed by atoms with Crippen molar-refractivity contribution >= 4 is 0 Å². The van der Waals surface area contributed by atoms with Gasteiger partial charge in [-0.15, -0.1) is 0 Å². The standard InChI is InChI=1S/C16H16F2O/c1-16(2,11-7-9-12(17)10-8-11)15(19)13-5-3-4-6-14(13)18/h3-10,15,19H,1-2H3. The Morgan fingerprint density at radius 1 is 0.947 bits per heavy atom. The van der Waals surface area contributed by atoms with Crippen LogP contribution in [0.1, 0.15) is 31.1 Å². The van der Waals surface area contributed by atoms with Gasteiger partial charge in [0.1, 0.15) is 11.6 Å². The van der Waals surface area contributed by atoms with Crippen molar-refractivity contribution in [2.75, 3.05) is 0 Å². The molecule has 0 spiro atoms. The Hall–Kier alpha value is -1.74. The van der Waals surface area contributed by atoms with E-state index in [0.29, 0.717) is 0 Å². The maximum atomic E-state index is 13.7. The smallest absolute Gasteiger partial charge is 0.129 e. The second-order valence-corrected chi connectivity index (χ2v) is 5.15. The van der Waals surface area contributed by atoms with Gasteiger partial charge in [-0.2, -0.15) is 0 Å². The Kier molecular flexibility index (Phi) is 3.67. The topological polar surface area (TPSA) is 20.2 Å². The summed E-state index contributed by atoms with van der Waals surface area (Å²) in [7, 11) is 0. The molecule has 2 aromatic carbocycles. The minimum absolute atomic E-state index is 0.247. The van der Waals surface area contributed by atoms with Gasteiger partial charge in [-0.05, 0) is 23.8 Å². The zero-order valence-electron chi connectivity index (χ0n) is 10.9. The van der Waals surface area contributed by atoms with E-state index in [0.717, 1.165) is 5.56 Å². The summed E-state index contributed by atoms with van der Waals surface area (Å²) in [6.07, 6.45) is -1.00. The zero-order valence-corrected chi connectivity index (χ0v) is 10.9. The van der Waals surface area contributed by atoms with Crippen LogP contribution in [-0.4, -0.2) is 5.11 Å². The van der Waals surface area contributed by atoms with Crippen LogP contribution >= 0.6 is 0 Å². The highest BCUT2D eigenvalue weighted by molar-refractivity contribution is 5.31. The lowest BCUT2D eigenvalue weighted by molar-refractivity contribution is 0.0965.